The highest BCUT2D eigenvalue weighted by Gasteiger charge is 2.05. The fraction of sp³-hybridized carbons (Fsp3) is 0.278. The predicted octanol–water partition coefficient (Wildman–Crippen LogP) is 3.35. The van der Waals surface area contributed by atoms with Gasteiger partial charge >= 0.3 is 0 Å². The van der Waals surface area contributed by atoms with Crippen LogP contribution in [0.25, 0.3) is 0 Å². The minimum absolute atomic E-state index is 0. The van der Waals surface area contributed by atoms with E-state index < -0.39 is 0 Å². The first kappa shape index (κ1) is 20.3. The second-order valence-electron chi connectivity index (χ2n) is 5.20. The molecular weight excluding hydrogens is 347 g/mol. The number of rotatable bonds is 8. The van der Waals surface area contributed by atoms with Crippen molar-refractivity contribution in [1.29, 1.82) is 0 Å². The van der Waals surface area contributed by atoms with Crippen molar-refractivity contribution in [3.8, 4) is 5.75 Å². The number of amides is 1. The quantitative estimate of drug-likeness (QED) is 0.702. The van der Waals surface area contributed by atoms with Gasteiger partial charge in [0, 0.05) is 17.1 Å². The zero-order chi connectivity index (χ0) is 16.5. The fourth-order valence-electron chi connectivity index (χ4n) is 2.10. The zero-order valence-electron chi connectivity index (χ0n) is 13.3. The number of nitrogens with one attached hydrogen (secondary N) is 1. The lowest BCUT2D eigenvalue weighted by molar-refractivity contribution is -0.120. The number of carbonyl (C=O) groups excluding carboxylic acids is 1. The Hall–Kier alpha value is -1.75. The van der Waals surface area contributed by atoms with Crippen molar-refractivity contribution in [2.45, 2.75) is 19.4 Å². The maximum atomic E-state index is 11.8. The van der Waals surface area contributed by atoms with Gasteiger partial charge in [0.15, 0.2) is 0 Å². The van der Waals surface area contributed by atoms with Crippen LogP contribution in [0.5, 0.6) is 5.75 Å². The Balaban J connectivity index is 0.00000288. The van der Waals surface area contributed by atoms with E-state index in [9.17, 15) is 4.79 Å². The molecule has 0 saturated heterocycles. The van der Waals surface area contributed by atoms with E-state index in [1.54, 1.807) is 0 Å². The number of benzene rings is 2. The van der Waals surface area contributed by atoms with Crippen LogP contribution in [-0.4, -0.2) is 19.0 Å². The van der Waals surface area contributed by atoms with Crippen molar-refractivity contribution in [3.05, 3.63) is 64.7 Å². The fourth-order valence-corrected chi connectivity index (χ4v) is 2.29. The molecule has 2 aromatic carbocycles. The first-order chi connectivity index (χ1) is 11.2. The number of hydrogen-bond acceptors (Lipinski definition) is 3. The highest BCUT2D eigenvalue weighted by atomic mass is 35.5. The Kier molecular flexibility index (Phi) is 9.23. The molecule has 0 aliphatic rings. The molecule has 0 aliphatic heterocycles. The highest BCUT2D eigenvalue weighted by Crippen LogP contribution is 2.19. The molecule has 6 heteroatoms. The molecule has 0 bridgehead atoms. The number of carbonyl (C=O) groups is 1. The monoisotopic (exact) mass is 368 g/mol. The Morgan fingerprint density at radius 1 is 1.17 bits per heavy atom. The van der Waals surface area contributed by atoms with Gasteiger partial charge in [0.1, 0.15) is 12.4 Å². The largest absolute Gasteiger partial charge is 0.489 e. The normalized spacial score (nSPS) is 9.92. The Morgan fingerprint density at radius 3 is 2.71 bits per heavy atom. The van der Waals surface area contributed by atoms with E-state index >= 15 is 0 Å². The number of ether oxygens (including phenoxy) is 1. The molecule has 3 N–H and O–H groups in total. The average Bonchev–Trinajstić information content (AvgIpc) is 2.55. The van der Waals surface area contributed by atoms with Gasteiger partial charge in [0.25, 0.3) is 0 Å². The lowest BCUT2D eigenvalue weighted by Crippen LogP contribution is -2.27. The summed E-state index contributed by atoms with van der Waals surface area (Å²) in [5.74, 6) is 0.707. The van der Waals surface area contributed by atoms with E-state index in [0.29, 0.717) is 31.1 Å². The van der Waals surface area contributed by atoms with Crippen LogP contribution in [-0.2, 0) is 17.8 Å². The van der Waals surface area contributed by atoms with E-state index in [4.69, 9.17) is 22.1 Å². The molecule has 0 aromatic heterocycles. The van der Waals surface area contributed by atoms with Crippen molar-refractivity contribution in [1.82, 2.24) is 5.32 Å². The molecule has 0 saturated carbocycles. The first-order valence-electron chi connectivity index (χ1n) is 7.61. The SMILES string of the molecule is Cl.NCCCNC(=O)Cc1cccc(OCc2ccccc2Cl)c1. The summed E-state index contributed by atoms with van der Waals surface area (Å²) in [6, 6.07) is 15.1. The van der Waals surface area contributed by atoms with Crippen molar-refractivity contribution in [2.24, 2.45) is 5.73 Å². The minimum atomic E-state index is -0.0123. The van der Waals surface area contributed by atoms with Gasteiger partial charge in [-0.3, -0.25) is 4.79 Å². The van der Waals surface area contributed by atoms with Crippen molar-refractivity contribution in [2.75, 3.05) is 13.1 Å². The maximum absolute atomic E-state index is 11.8. The minimum Gasteiger partial charge on any atom is -0.489 e. The average molecular weight is 369 g/mol. The molecule has 0 heterocycles. The summed E-state index contributed by atoms with van der Waals surface area (Å²) in [4.78, 5) is 11.8. The van der Waals surface area contributed by atoms with E-state index in [2.05, 4.69) is 5.32 Å². The molecule has 130 valence electrons. The molecule has 0 unspecified atom stereocenters. The van der Waals surface area contributed by atoms with Gasteiger partial charge in [-0.1, -0.05) is 41.9 Å². The second-order valence-corrected chi connectivity index (χ2v) is 5.60. The smallest absolute Gasteiger partial charge is 0.224 e. The van der Waals surface area contributed by atoms with Gasteiger partial charge in [-0.05, 0) is 36.7 Å². The zero-order valence-corrected chi connectivity index (χ0v) is 14.9. The van der Waals surface area contributed by atoms with Crippen LogP contribution in [0.2, 0.25) is 5.02 Å². The summed E-state index contributed by atoms with van der Waals surface area (Å²) >= 11 is 6.11. The third-order valence-corrected chi connectivity index (χ3v) is 3.69. The maximum Gasteiger partial charge on any atom is 0.224 e. The Bertz CT molecular complexity index is 650. The molecule has 24 heavy (non-hydrogen) atoms. The number of hydrogen-bond donors (Lipinski definition) is 2. The molecule has 0 fully saturated rings. The van der Waals surface area contributed by atoms with Crippen LogP contribution in [0, 0.1) is 0 Å². The number of halogens is 2. The summed E-state index contributed by atoms with van der Waals surface area (Å²) in [6.07, 6.45) is 1.11. The van der Waals surface area contributed by atoms with Crippen LogP contribution in [0.1, 0.15) is 17.5 Å². The molecule has 0 radical (unpaired) electrons. The molecule has 0 spiro atoms. The van der Waals surface area contributed by atoms with Crippen LogP contribution in [0.3, 0.4) is 0 Å². The Labute approximate surface area is 153 Å². The first-order valence-corrected chi connectivity index (χ1v) is 7.99. The Morgan fingerprint density at radius 2 is 1.96 bits per heavy atom. The molecule has 2 rings (SSSR count). The van der Waals surface area contributed by atoms with Crippen molar-refractivity contribution < 1.29 is 9.53 Å². The van der Waals surface area contributed by atoms with Gasteiger partial charge in [-0.15, -0.1) is 12.4 Å². The van der Waals surface area contributed by atoms with Crippen LogP contribution < -0.4 is 15.8 Å². The second kappa shape index (κ2) is 10.9. The van der Waals surface area contributed by atoms with Gasteiger partial charge in [-0.2, -0.15) is 0 Å². The summed E-state index contributed by atoms with van der Waals surface area (Å²) in [5, 5.41) is 3.52. The predicted molar refractivity (Wildman–Crippen MR) is 99.9 cm³/mol. The van der Waals surface area contributed by atoms with E-state index in [1.807, 2.05) is 48.5 Å². The van der Waals surface area contributed by atoms with Crippen molar-refractivity contribution >= 4 is 29.9 Å². The topological polar surface area (TPSA) is 64.3 Å². The molecule has 1 amide bonds. The van der Waals surface area contributed by atoms with Crippen LogP contribution >= 0.6 is 24.0 Å². The summed E-state index contributed by atoms with van der Waals surface area (Å²) in [5.41, 5.74) is 7.24. The highest BCUT2D eigenvalue weighted by molar-refractivity contribution is 6.31. The van der Waals surface area contributed by atoms with E-state index in [1.165, 1.54) is 0 Å². The lowest BCUT2D eigenvalue weighted by atomic mass is 10.1. The van der Waals surface area contributed by atoms with Gasteiger partial charge in [0.05, 0.1) is 6.42 Å². The molecule has 4 nitrogen and oxygen atoms in total. The third kappa shape index (κ3) is 6.79. The van der Waals surface area contributed by atoms with E-state index in [0.717, 1.165) is 23.3 Å². The summed E-state index contributed by atoms with van der Waals surface area (Å²) < 4.78 is 5.76. The van der Waals surface area contributed by atoms with Gasteiger partial charge in [-0.25, -0.2) is 0 Å². The lowest BCUT2D eigenvalue weighted by Gasteiger charge is -2.09. The van der Waals surface area contributed by atoms with Crippen molar-refractivity contribution in [3.63, 3.8) is 0 Å². The van der Waals surface area contributed by atoms with E-state index in [-0.39, 0.29) is 18.3 Å². The molecule has 0 atom stereocenters. The molecule has 0 aliphatic carbocycles. The number of nitrogens with two attached hydrogens (primary N) is 1. The third-order valence-electron chi connectivity index (χ3n) is 3.32. The summed E-state index contributed by atoms with van der Waals surface area (Å²) in [7, 11) is 0. The van der Waals surface area contributed by atoms with Crippen LogP contribution in [0.4, 0.5) is 0 Å². The molecule has 2 aromatic rings. The van der Waals surface area contributed by atoms with Crippen LogP contribution in [0.15, 0.2) is 48.5 Å². The van der Waals surface area contributed by atoms with Gasteiger partial charge < -0.3 is 15.8 Å². The van der Waals surface area contributed by atoms with Gasteiger partial charge in [0.2, 0.25) is 5.91 Å². The standard InChI is InChI=1S/C18H21ClN2O2.ClH/c19-17-8-2-1-6-15(17)13-23-16-7-3-5-14(11-16)12-18(22)21-10-4-9-20;/h1-3,5-8,11H,4,9-10,12-13,20H2,(H,21,22);1H. The molecular formula is C18H22Cl2N2O2. The summed E-state index contributed by atoms with van der Waals surface area (Å²) in [6.45, 7) is 1.58.